The molecule has 0 bridgehead atoms. The van der Waals surface area contributed by atoms with Crippen LogP contribution in [-0.2, 0) is 15.7 Å². The summed E-state index contributed by atoms with van der Waals surface area (Å²) in [6, 6.07) is 9.85. The van der Waals surface area contributed by atoms with Gasteiger partial charge in [0, 0.05) is 0 Å². The largest absolute Gasteiger partial charge is 0.320 e. The van der Waals surface area contributed by atoms with Gasteiger partial charge in [0.25, 0.3) is 8.38 Å². The second kappa shape index (κ2) is 7.20. The van der Waals surface area contributed by atoms with Crippen molar-refractivity contribution in [2.45, 2.75) is 6.61 Å². The molecule has 1 atom stereocenters. The molecular weight excluding hydrogens is 207 g/mol. The van der Waals surface area contributed by atoms with E-state index < -0.39 is 8.38 Å². The lowest BCUT2D eigenvalue weighted by molar-refractivity contribution is 0.267. The van der Waals surface area contributed by atoms with Gasteiger partial charge in [-0.25, -0.2) is 0 Å². The highest BCUT2D eigenvalue weighted by Crippen LogP contribution is 2.37. The molecule has 0 aromatic heterocycles. The van der Waals surface area contributed by atoms with Crippen LogP contribution in [0.2, 0.25) is 0 Å². The third-order valence-corrected chi connectivity index (χ3v) is 2.56. The summed E-state index contributed by atoms with van der Waals surface area (Å²) < 4.78 is 10.7. The zero-order chi connectivity index (χ0) is 10.9. The Morgan fingerprint density at radius 3 is 2.67 bits per heavy atom. The van der Waals surface area contributed by atoms with E-state index in [1.165, 1.54) is 0 Å². The summed E-state index contributed by atoms with van der Waals surface area (Å²) in [5.41, 5.74) is 3.57. The van der Waals surface area contributed by atoms with Gasteiger partial charge in [-0.05, 0) is 11.2 Å². The predicted octanol–water partition coefficient (Wildman–Crippen LogP) is 3.31. The van der Waals surface area contributed by atoms with Crippen LogP contribution in [0.15, 0.2) is 43.0 Å². The molecule has 15 heavy (non-hydrogen) atoms. The van der Waals surface area contributed by atoms with Gasteiger partial charge in [-0.1, -0.05) is 36.4 Å². The normalized spacial score (nSPS) is 11.7. The SMILES string of the molecule is C#CP(OCC=C)OCc1ccccc1. The second-order valence-corrected chi connectivity index (χ2v) is 4.02. The van der Waals surface area contributed by atoms with Gasteiger partial charge >= 0.3 is 0 Å². The second-order valence-electron chi connectivity index (χ2n) is 2.73. The Bertz CT molecular complexity index is 329. The molecule has 0 amide bonds. The van der Waals surface area contributed by atoms with Gasteiger partial charge < -0.3 is 9.05 Å². The molecule has 3 heteroatoms. The van der Waals surface area contributed by atoms with Crippen LogP contribution in [0, 0.1) is 12.1 Å². The topological polar surface area (TPSA) is 18.5 Å². The Kier molecular flexibility index (Phi) is 5.73. The summed E-state index contributed by atoms with van der Waals surface area (Å²) >= 11 is 0. The fourth-order valence-electron chi connectivity index (χ4n) is 0.940. The lowest BCUT2D eigenvalue weighted by atomic mass is 10.2. The van der Waals surface area contributed by atoms with Crippen molar-refractivity contribution in [3.05, 3.63) is 48.6 Å². The number of hydrogen-bond donors (Lipinski definition) is 0. The molecule has 0 radical (unpaired) electrons. The molecule has 0 aliphatic rings. The first-order valence-corrected chi connectivity index (χ1v) is 5.71. The van der Waals surface area contributed by atoms with Gasteiger partial charge in [-0.3, -0.25) is 0 Å². The molecule has 0 aliphatic carbocycles. The third-order valence-electron chi connectivity index (χ3n) is 1.61. The molecule has 1 unspecified atom stereocenters. The average molecular weight is 220 g/mol. The molecule has 1 aromatic rings. The molecule has 0 aliphatic heterocycles. The first kappa shape index (κ1) is 11.9. The van der Waals surface area contributed by atoms with Crippen LogP contribution in [0.4, 0.5) is 0 Å². The highest BCUT2D eigenvalue weighted by Gasteiger charge is 2.05. The minimum absolute atomic E-state index is 0.421. The van der Waals surface area contributed by atoms with Crippen molar-refractivity contribution in [2.24, 2.45) is 0 Å². The van der Waals surface area contributed by atoms with E-state index in [2.05, 4.69) is 12.2 Å². The summed E-state index contributed by atoms with van der Waals surface area (Å²) in [6.45, 7) is 4.45. The Hall–Kier alpha value is -1.13. The van der Waals surface area contributed by atoms with Crippen molar-refractivity contribution in [2.75, 3.05) is 6.61 Å². The van der Waals surface area contributed by atoms with E-state index in [0.717, 1.165) is 5.56 Å². The zero-order valence-corrected chi connectivity index (χ0v) is 9.32. The fraction of sp³-hybridized carbons (Fsp3) is 0.167. The van der Waals surface area contributed by atoms with Gasteiger partial charge in [0.05, 0.1) is 13.2 Å². The minimum atomic E-state index is -1.23. The first-order chi connectivity index (χ1) is 7.36. The number of benzene rings is 1. The molecule has 0 saturated heterocycles. The quantitative estimate of drug-likeness (QED) is 0.416. The minimum Gasteiger partial charge on any atom is -0.320 e. The van der Waals surface area contributed by atoms with E-state index >= 15 is 0 Å². The van der Waals surface area contributed by atoms with E-state index in [9.17, 15) is 0 Å². The van der Waals surface area contributed by atoms with Crippen molar-refractivity contribution >= 4 is 8.38 Å². The number of terminal acetylenes is 1. The summed E-state index contributed by atoms with van der Waals surface area (Å²) in [7, 11) is -1.23. The first-order valence-electron chi connectivity index (χ1n) is 4.54. The standard InChI is InChI=1S/C12H13O2P/c1-3-10-13-15(4-2)14-11-12-8-6-5-7-9-12/h2-3,5-9H,1,10-11H2. The Morgan fingerprint density at radius 2 is 2.07 bits per heavy atom. The van der Waals surface area contributed by atoms with Crippen LogP contribution in [0.3, 0.4) is 0 Å². The average Bonchev–Trinajstić information content (AvgIpc) is 2.31. The summed E-state index contributed by atoms with van der Waals surface area (Å²) in [5.74, 6) is 0. The highest BCUT2D eigenvalue weighted by atomic mass is 31.2. The monoisotopic (exact) mass is 220 g/mol. The molecule has 2 nitrogen and oxygen atoms in total. The highest BCUT2D eigenvalue weighted by molar-refractivity contribution is 7.52. The maximum atomic E-state index is 5.44. The number of hydrogen-bond acceptors (Lipinski definition) is 2. The van der Waals surface area contributed by atoms with E-state index in [1.807, 2.05) is 30.3 Å². The van der Waals surface area contributed by atoms with Crippen molar-refractivity contribution in [1.29, 1.82) is 0 Å². The molecule has 1 aromatic carbocycles. The molecule has 78 valence electrons. The van der Waals surface area contributed by atoms with Crippen molar-refractivity contribution in [3.8, 4) is 12.1 Å². The van der Waals surface area contributed by atoms with Crippen molar-refractivity contribution in [3.63, 3.8) is 0 Å². The van der Waals surface area contributed by atoms with Crippen LogP contribution < -0.4 is 0 Å². The predicted molar refractivity (Wildman–Crippen MR) is 63.1 cm³/mol. The van der Waals surface area contributed by atoms with Crippen LogP contribution >= 0.6 is 8.38 Å². The third kappa shape index (κ3) is 4.76. The van der Waals surface area contributed by atoms with Crippen LogP contribution in [-0.4, -0.2) is 6.61 Å². The molecule has 0 fully saturated rings. The van der Waals surface area contributed by atoms with Gasteiger partial charge in [-0.15, -0.1) is 13.0 Å². The van der Waals surface area contributed by atoms with E-state index in [4.69, 9.17) is 15.5 Å². The van der Waals surface area contributed by atoms with Gasteiger partial charge in [0.15, 0.2) is 0 Å². The lowest BCUT2D eigenvalue weighted by Gasteiger charge is -2.10. The molecule has 0 heterocycles. The number of rotatable bonds is 6. The van der Waals surface area contributed by atoms with E-state index in [0.29, 0.717) is 13.2 Å². The van der Waals surface area contributed by atoms with Crippen LogP contribution in [0.5, 0.6) is 0 Å². The molecule has 0 saturated carbocycles. The molecular formula is C12H13O2P. The molecule has 1 rings (SSSR count). The Balaban J connectivity index is 2.35. The molecule has 0 spiro atoms. The smallest absolute Gasteiger partial charge is 0.257 e. The summed E-state index contributed by atoms with van der Waals surface area (Å²) in [6.07, 6.45) is 6.92. The van der Waals surface area contributed by atoms with Gasteiger partial charge in [0.2, 0.25) is 0 Å². The van der Waals surface area contributed by atoms with Gasteiger partial charge in [0.1, 0.15) is 0 Å². The summed E-state index contributed by atoms with van der Waals surface area (Å²) in [5, 5.41) is 0. The Morgan fingerprint density at radius 1 is 1.33 bits per heavy atom. The maximum Gasteiger partial charge on any atom is 0.257 e. The lowest BCUT2D eigenvalue weighted by Crippen LogP contribution is -1.91. The fourth-order valence-corrected chi connectivity index (χ4v) is 1.67. The van der Waals surface area contributed by atoms with Crippen molar-refractivity contribution < 1.29 is 9.05 Å². The molecule has 0 N–H and O–H groups in total. The van der Waals surface area contributed by atoms with Crippen LogP contribution in [0.1, 0.15) is 5.56 Å². The van der Waals surface area contributed by atoms with Crippen molar-refractivity contribution in [1.82, 2.24) is 0 Å². The summed E-state index contributed by atoms with van der Waals surface area (Å²) in [4.78, 5) is 0. The van der Waals surface area contributed by atoms with E-state index in [-0.39, 0.29) is 0 Å². The van der Waals surface area contributed by atoms with E-state index in [1.54, 1.807) is 6.08 Å². The maximum absolute atomic E-state index is 5.44. The van der Waals surface area contributed by atoms with Crippen LogP contribution in [0.25, 0.3) is 0 Å². The Labute approximate surface area is 91.8 Å². The van der Waals surface area contributed by atoms with Gasteiger partial charge in [-0.2, -0.15) is 0 Å². The zero-order valence-electron chi connectivity index (χ0n) is 8.43.